The minimum absolute atomic E-state index is 0.0144. The third-order valence-electron chi connectivity index (χ3n) is 6.89. The lowest BCUT2D eigenvalue weighted by atomic mass is 9.61. The quantitative estimate of drug-likeness (QED) is 0.146. The van der Waals surface area contributed by atoms with Crippen LogP contribution < -0.4 is 0 Å². The van der Waals surface area contributed by atoms with Crippen LogP contribution in [0.15, 0.2) is 0 Å². The highest BCUT2D eigenvalue weighted by Crippen LogP contribution is 2.45. The first-order valence-electron chi connectivity index (χ1n) is 12.2. The van der Waals surface area contributed by atoms with Gasteiger partial charge in [-0.3, -0.25) is 14.4 Å². The topological polar surface area (TPSA) is 227 Å². The normalized spacial score (nSPS) is 16.3. The zero-order chi connectivity index (χ0) is 28.9. The number of unbranched alkanes of at least 4 members (excludes halogenated alkanes) is 2. The molecule has 12 heteroatoms. The highest BCUT2D eigenvalue weighted by molar-refractivity contribution is 5.93. The van der Waals surface area contributed by atoms with Crippen molar-refractivity contribution >= 4 is 29.8 Å². The molecule has 0 radical (unpaired) electrons. The van der Waals surface area contributed by atoms with Crippen molar-refractivity contribution in [3.05, 3.63) is 0 Å². The number of carbonyl (C=O) groups is 5. The second-order valence-corrected chi connectivity index (χ2v) is 8.83. The fourth-order valence-electron chi connectivity index (χ4n) is 4.44. The van der Waals surface area contributed by atoms with E-state index < -0.39 is 58.3 Å². The van der Waals surface area contributed by atoms with Gasteiger partial charge in [0, 0.05) is 0 Å². The van der Waals surface area contributed by atoms with Crippen LogP contribution in [0.1, 0.15) is 92.4 Å². The molecule has 0 fully saturated rings. The summed E-state index contributed by atoms with van der Waals surface area (Å²) in [7, 11) is 0. The van der Waals surface area contributed by atoms with Gasteiger partial charge in [0.2, 0.25) is 0 Å². The molecule has 7 N–H and O–H groups in total. The number of aliphatic carboxylic acids is 5. The van der Waals surface area contributed by atoms with Gasteiger partial charge in [0.25, 0.3) is 0 Å². The van der Waals surface area contributed by atoms with Crippen molar-refractivity contribution in [2.75, 3.05) is 0 Å². The molecule has 0 rings (SSSR count). The van der Waals surface area contributed by atoms with Crippen LogP contribution in [-0.4, -0.2) is 76.8 Å². The van der Waals surface area contributed by atoms with Crippen LogP contribution in [0.4, 0.5) is 0 Å². The first-order chi connectivity index (χ1) is 16.5. The Balaban J connectivity index is 0. The van der Waals surface area contributed by atoms with Gasteiger partial charge in [-0.2, -0.15) is 0 Å². The third kappa shape index (κ3) is 7.63. The highest BCUT2D eigenvalue weighted by atomic mass is 16.4. The van der Waals surface area contributed by atoms with E-state index in [4.69, 9.17) is 15.3 Å². The van der Waals surface area contributed by atoms with Crippen LogP contribution in [-0.2, 0) is 24.0 Å². The van der Waals surface area contributed by atoms with E-state index in [1.54, 1.807) is 0 Å². The maximum Gasteiger partial charge on any atom is 0.337 e. The maximum atomic E-state index is 11.5. The van der Waals surface area contributed by atoms with E-state index in [-0.39, 0.29) is 32.1 Å². The molecule has 0 saturated carbocycles. The molecule has 4 unspecified atom stereocenters. The molecule has 0 bridgehead atoms. The number of aliphatic hydroxyl groups is 2. The van der Waals surface area contributed by atoms with Crippen LogP contribution in [0.2, 0.25) is 0 Å². The van der Waals surface area contributed by atoms with Crippen molar-refractivity contribution in [2.45, 2.75) is 104 Å². The number of carboxylic acid groups (broad SMARTS) is 5. The van der Waals surface area contributed by atoms with E-state index in [1.165, 1.54) is 20.8 Å². The van der Waals surface area contributed by atoms with E-state index in [0.717, 1.165) is 12.8 Å². The van der Waals surface area contributed by atoms with Crippen molar-refractivity contribution in [1.29, 1.82) is 0 Å². The fraction of sp³-hybridized carbons (Fsp3) is 0.792. The average molecular weight is 523 g/mol. The van der Waals surface area contributed by atoms with Crippen molar-refractivity contribution in [2.24, 2.45) is 17.3 Å². The lowest BCUT2D eigenvalue weighted by Crippen LogP contribution is -2.63. The van der Waals surface area contributed by atoms with Gasteiger partial charge in [0.15, 0.2) is 11.2 Å². The van der Waals surface area contributed by atoms with Crippen molar-refractivity contribution in [1.82, 2.24) is 0 Å². The monoisotopic (exact) mass is 522 g/mol. The Labute approximate surface area is 211 Å². The molecule has 36 heavy (non-hydrogen) atoms. The molecule has 12 nitrogen and oxygen atoms in total. The van der Waals surface area contributed by atoms with E-state index >= 15 is 0 Å². The predicted octanol–water partition coefficient (Wildman–Crippen LogP) is 2.69. The summed E-state index contributed by atoms with van der Waals surface area (Å²) in [4.78, 5) is 56.3. The lowest BCUT2D eigenvalue weighted by Gasteiger charge is -2.43. The average Bonchev–Trinajstić information content (AvgIpc) is 2.78. The van der Waals surface area contributed by atoms with Gasteiger partial charge in [-0.25, -0.2) is 9.59 Å². The minimum Gasteiger partial charge on any atom is -0.481 e. The number of hydrogen-bond donors (Lipinski definition) is 7. The molecule has 0 amide bonds. The van der Waals surface area contributed by atoms with Crippen LogP contribution in [0.5, 0.6) is 0 Å². The third-order valence-corrected chi connectivity index (χ3v) is 6.89. The summed E-state index contributed by atoms with van der Waals surface area (Å²) in [5, 5.41) is 66.3. The Hall–Kier alpha value is -2.73. The van der Waals surface area contributed by atoms with E-state index in [1.807, 2.05) is 13.8 Å². The highest BCUT2D eigenvalue weighted by Gasteiger charge is 2.64. The van der Waals surface area contributed by atoms with Gasteiger partial charge < -0.3 is 35.7 Å². The SMILES string of the molecule is CCC(C(=O)O)C(O)(C(=O)O)C(CC)(CC)C(=O)O.CCCCC(C(=O)O)C(O)(CCCC)C(=O)O. The van der Waals surface area contributed by atoms with Crippen molar-refractivity contribution < 1.29 is 59.7 Å². The Morgan fingerprint density at radius 1 is 0.639 bits per heavy atom. The second-order valence-electron chi connectivity index (χ2n) is 8.83. The molecule has 0 heterocycles. The smallest absolute Gasteiger partial charge is 0.337 e. The molecule has 0 aromatic carbocycles. The van der Waals surface area contributed by atoms with Gasteiger partial charge in [-0.05, 0) is 32.1 Å². The first kappa shape index (κ1) is 35.4. The summed E-state index contributed by atoms with van der Waals surface area (Å²) >= 11 is 0. The van der Waals surface area contributed by atoms with E-state index in [0.29, 0.717) is 12.8 Å². The van der Waals surface area contributed by atoms with Gasteiger partial charge in [0.05, 0.1) is 11.8 Å². The lowest BCUT2D eigenvalue weighted by molar-refractivity contribution is -0.205. The number of hydrogen-bond acceptors (Lipinski definition) is 7. The molecule has 0 aliphatic heterocycles. The van der Waals surface area contributed by atoms with E-state index in [2.05, 4.69) is 0 Å². The van der Waals surface area contributed by atoms with Crippen LogP contribution >= 0.6 is 0 Å². The van der Waals surface area contributed by atoms with Crippen LogP contribution in [0.3, 0.4) is 0 Å². The van der Waals surface area contributed by atoms with Gasteiger partial charge >= 0.3 is 29.8 Å². The van der Waals surface area contributed by atoms with Gasteiger partial charge in [-0.15, -0.1) is 0 Å². The number of carboxylic acids is 5. The Morgan fingerprint density at radius 2 is 1.08 bits per heavy atom. The van der Waals surface area contributed by atoms with Gasteiger partial charge in [-0.1, -0.05) is 60.3 Å². The Kier molecular flexibility index (Phi) is 15.2. The molecule has 0 aromatic heterocycles. The molecular weight excluding hydrogens is 480 g/mol. The minimum atomic E-state index is -2.86. The summed E-state index contributed by atoms with van der Waals surface area (Å²) in [6.07, 6.45) is 2.20. The molecule has 210 valence electrons. The zero-order valence-electron chi connectivity index (χ0n) is 21.7. The molecule has 4 atom stereocenters. The summed E-state index contributed by atoms with van der Waals surface area (Å²) in [6, 6.07) is 0. The Bertz CT molecular complexity index is 760. The van der Waals surface area contributed by atoms with Crippen molar-refractivity contribution in [3.63, 3.8) is 0 Å². The molecule has 0 aliphatic rings. The molecule has 0 aromatic rings. The summed E-state index contributed by atoms with van der Waals surface area (Å²) in [5.41, 5.74) is -7.04. The molecular formula is C24H42O12. The number of rotatable bonds is 17. The van der Waals surface area contributed by atoms with Crippen molar-refractivity contribution in [3.8, 4) is 0 Å². The fourth-order valence-corrected chi connectivity index (χ4v) is 4.44. The second kappa shape index (κ2) is 15.4. The first-order valence-corrected chi connectivity index (χ1v) is 12.2. The zero-order valence-corrected chi connectivity index (χ0v) is 21.7. The Morgan fingerprint density at radius 3 is 1.33 bits per heavy atom. The molecule has 0 spiro atoms. The summed E-state index contributed by atoms with van der Waals surface area (Å²) in [5.74, 6) is -10.5. The van der Waals surface area contributed by atoms with Gasteiger partial charge in [0.1, 0.15) is 5.41 Å². The predicted molar refractivity (Wildman–Crippen MR) is 127 cm³/mol. The van der Waals surface area contributed by atoms with Crippen LogP contribution in [0.25, 0.3) is 0 Å². The molecule has 0 aliphatic carbocycles. The summed E-state index contributed by atoms with van der Waals surface area (Å²) < 4.78 is 0. The van der Waals surface area contributed by atoms with Crippen LogP contribution in [0, 0.1) is 17.3 Å². The largest absolute Gasteiger partial charge is 0.481 e. The standard InChI is InChI=1S/C12H20O7.C12H22O5/c1-4-7(8(13)14)12(19,10(17)18)11(5-2,6-3)9(15)16;1-3-5-7-9(10(13)14)12(17,11(15)16)8-6-4-2/h7,19H,4-6H2,1-3H3,(H,13,14)(H,15,16)(H,17,18);9,17H,3-8H2,1-2H3,(H,13,14)(H,15,16). The van der Waals surface area contributed by atoms with E-state index in [9.17, 15) is 44.4 Å². The maximum absolute atomic E-state index is 11.5. The molecule has 0 saturated heterocycles. The summed E-state index contributed by atoms with van der Waals surface area (Å²) in [6.45, 7) is 7.99.